The zero-order valence-electron chi connectivity index (χ0n) is 10.1. The van der Waals surface area contributed by atoms with Crippen LogP contribution >= 0.6 is 11.6 Å². The standard InChI is InChI=1S/C14H12ClNO3/c15-11-7-13(14(17)19-9-5-6-18-8-9)16-12-4-2-1-3-10(11)12/h1-4,7,9H,5-6,8H2. The van der Waals surface area contributed by atoms with Gasteiger partial charge in [-0.2, -0.15) is 0 Å². The van der Waals surface area contributed by atoms with E-state index < -0.39 is 5.97 Å². The van der Waals surface area contributed by atoms with E-state index in [0.717, 1.165) is 11.8 Å². The van der Waals surface area contributed by atoms with Crippen LogP contribution in [0.4, 0.5) is 0 Å². The van der Waals surface area contributed by atoms with E-state index in [1.54, 1.807) is 6.07 Å². The number of carbonyl (C=O) groups excluding carboxylic acids is 1. The van der Waals surface area contributed by atoms with Crippen LogP contribution in [0.1, 0.15) is 16.9 Å². The Morgan fingerprint density at radius 3 is 3.05 bits per heavy atom. The van der Waals surface area contributed by atoms with Crippen molar-refractivity contribution >= 4 is 28.5 Å². The lowest BCUT2D eigenvalue weighted by Gasteiger charge is -2.10. The first-order valence-corrected chi connectivity index (χ1v) is 6.46. The first kappa shape index (κ1) is 12.4. The van der Waals surface area contributed by atoms with Gasteiger partial charge in [0.15, 0.2) is 5.69 Å². The molecule has 0 radical (unpaired) electrons. The summed E-state index contributed by atoms with van der Waals surface area (Å²) in [7, 11) is 0. The van der Waals surface area contributed by atoms with E-state index in [9.17, 15) is 4.79 Å². The molecule has 0 N–H and O–H groups in total. The van der Waals surface area contributed by atoms with Crippen molar-refractivity contribution in [3.63, 3.8) is 0 Å². The zero-order chi connectivity index (χ0) is 13.2. The molecule has 1 aliphatic rings. The number of hydrogen-bond acceptors (Lipinski definition) is 4. The molecule has 0 spiro atoms. The second kappa shape index (κ2) is 5.15. The molecule has 0 bridgehead atoms. The molecule has 4 nitrogen and oxygen atoms in total. The van der Waals surface area contributed by atoms with Gasteiger partial charge in [0.05, 0.1) is 23.8 Å². The molecule has 19 heavy (non-hydrogen) atoms. The third-order valence-electron chi connectivity index (χ3n) is 3.04. The van der Waals surface area contributed by atoms with Crippen LogP contribution in [0.3, 0.4) is 0 Å². The molecule has 3 rings (SSSR count). The van der Waals surface area contributed by atoms with E-state index in [2.05, 4.69) is 4.98 Å². The summed E-state index contributed by atoms with van der Waals surface area (Å²) < 4.78 is 10.5. The van der Waals surface area contributed by atoms with Crippen molar-refractivity contribution < 1.29 is 14.3 Å². The molecule has 0 amide bonds. The molecule has 1 saturated heterocycles. The summed E-state index contributed by atoms with van der Waals surface area (Å²) in [5, 5.41) is 1.32. The molecular formula is C14H12ClNO3. The lowest BCUT2D eigenvalue weighted by Crippen LogP contribution is -2.19. The van der Waals surface area contributed by atoms with Gasteiger partial charge in [0.1, 0.15) is 6.10 Å². The van der Waals surface area contributed by atoms with Crippen LogP contribution in [0.5, 0.6) is 0 Å². The van der Waals surface area contributed by atoms with Gasteiger partial charge in [-0.05, 0) is 12.1 Å². The number of fused-ring (bicyclic) bond motifs is 1. The molecule has 2 aromatic rings. The fourth-order valence-corrected chi connectivity index (χ4v) is 2.32. The molecule has 1 fully saturated rings. The predicted molar refractivity (Wildman–Crippen MR) is 71.4 cm³/mol. The summed E-state index contributed by atoms with van der Waals surface area (Å²) in [6.07, 6.45) is 0.548. The number of aromatic nitrogens is 1. The van der Waals surface area contributed by atoms with Gasteiger partial charge in [0.25, 0.3) is 0 Å². The molecule has 0 saturated carbocycles. The molecule has 1 unspecified atom stereocenters. The van der Waals surface area contributed by atoms with E-state index >= 15 is 0 Å². The maximum Gasteiger partial charge on any atom is 0.357 e. The first-order chi connectivity index (χ1) is 9.24. The van der Waals surface area contributed by atoms with E-state index in [-0.39, 0.29) is 11.8 Å². The maximum absolute atomic E-state index is 12.0. The highest BCUT2D eigenvalue weighted by Gasteiger charge is 2.22. The molecule has 1 aromatic carbocycles. The van der Waals surface area contributed by atoms with Gasteiger partial charge >= 0.3 is 5.97 Å². The van der Waals surface area contributed by atoms with Gasteiger partial charge in [-0.1, -0.05) is 29.8 Å². The van der Waals surface area contributed by atoms with E-state index in [1.165, 1.54) is 0 Å². The smallest absolute Gasteiger partial charge is 0.357 e. The van der Waals surface area contributed by atoms with E-state index in [1.807, 2.05) is 24.3 Å². The Morgan fingerprint density at radius 1 is 1.42 bits per heavy atom. The zero-order valence-corrected chi connectivity index (χ0v) is 10.9. The third kappa shape index (κ3) is 2.55. The molecule has 0 aliphatic carbocycles. The molecule has 1 aromatic heterocycles. The maximum atomic E-state index is 12.0. The van der Waals surface area contributed by atoms with Gasteiger partial charge in [-0.25, -0.2) is 9.78 Å². The quantitative estimate of drug-likeness (QED) is 0.792. The lowest BCUT2D eigenvalue weighted by molar-refractivity contribution is 0.0264. The first-order valence-electron chi connectivity index (χ1n) is 6.08. The van der Waals surface area contributed by atoms with Crippen LogP contribution in [0.15, 0.2) is 30.3 Å². The number of rotatable bonds is 2. The van der Waals surface area contributed by atoms with Crippen molar-refractivity contribution in [2.45, 2.75) is 12.5 Å². The highest BCUT2D eigenvalue weighted by molar-refractivity contribution is 6.35. The summed E-state index contributed by atoms with van der Waals surface area (Å²) in [6, 6.07) is 8.96. The molecular weight excluding hydrogens is 266 g/mol. The Bertz CT molecular complexity index is 623. The summed E-state index contributed by atoms with van der Waals surface area (Å²) in [4.78, 5) is 16.3. The summed E-state index contributed by atoms with van der Waals surface area (Å²) in [5.74, 6) is -0.455. The molecule has 1 aliphatic heterocycles. The Hall–Kier alpha value is -1.65. The number of halogens is 1. The lowest BCUT2D eigenvalue weighted by atomic mass is 10.2. The normalized spacial score (nSPS) is 18.7. The number of para-hydroxylation sites is 1. The number of esters is 1. The van der Waals surface area contributed by atoms with E-state index in [0.29, 0.717) is 23.8 Å². The van der Waals surface area contributed by atoms with Crippen molar-refractivity contribution in [3.8, 4) is 0 Å². The number of benzene rings is 1. The Labute approximate surface area is 115 Å². The molecule has 98 valence electrons. The number of ether oxygens (including phenoxy) is 2. The van der Waals surface area contributed by atoms with Gasteiger partial charge in [0, 0.05) is 11.8 Å². The third-order valence-corrected chi connectivity index (χ3v) is 3.35. The highest BCUT2D eigenvalue weighted by atomic mass is 35.5. The van der Waals surface area contributed by atoms with Gasteiger partial charge in [-0.3, -0.25) is 0 Å². The van der Waals surface area contributed by atoms with Gasteiger partial charge < -0.3 is 9.47 Å². The fraction of sp³-hybridized carbons (Fsp3) is 0.286. The molecule has 2 heterocycles. The summed E-state index contributed by atoms with van der Waals surface area (Å²) in [5.41, 5.74) is 0.917. The average molecular weight is 278 g/mol. The molecule has 5 heteroatoms. The van der Waals surface area contributed by atoms with Crippen molar-refractivity contribution in [3.05, 3.63) is 41.0 Å². The van der Waals surface area contributed by atoms with E-state index in [4.69, 9.17) is 21.1 Å². The number of hydrogen-bond donors (Lipinski definition) is 0. The highest BCUT2D eigenvalue weighted by Crippen LogP contribution is 2.23. The topological polar surface area (TPSA) is 48.4 Å². The Balaban J connectivity index is 1.89. The predicted octanol–water partition coefficient (Wildman–Crippen LogP) is 2.83. The van der Waals surface area contributed by atoms with Crippen molar-refractivity contribution in [1.82, 2.24) is 4.98 Å². The van der Waals surface area contributed by atoms with Crippen LogP contribution < -0.4 is 0 Å². The summed E-state index contributed by atoms with van der Waals surface area (Å²) in [6.45, 7) is 1.08. The van der Waals surface area contributed by atoms with Crippen molar-refractivity contribution in [2.75, 3.05) is 13.2 Å². The Morgan fingerprint density at radius 2 is 2.26 bits per heavy atom. The second-order valence-electron chi connectivity index (χ2n) is 4.40. The largest absolute Gasteiger partial charge is 0.455 e. The second-order valence-corrected chi connectivity index (χ2v) is 4.80. The fourth-order valence-electron chi connectivity index (χ4n) is 2.06. The van der Waals surface area contributed by atoms with Crippen molar-refractivity contribution in [2.24, 2.45) is 0 Å². The van der Waals surface area contributed by atoms with Crippen LogP contribution in [0, 0.1) is 0 Å². The summed E-state index contributed by atoms with van der Waals surface area (Å²) >= 11 is 6.15. The average Bonchev–Trinajstić information content (AvgIpc) is 2.91. The van der Waals surface area contributed by atoms with Crippen molar-refractivity contribution in [1.29, 1.82) is 0 Å². The van der Waals surface area contributed by atoms with Gasteiger partial charge in [0.2, 0.25) is 0 Å². The number of nitrogens with zero attached hydrogens (tertiary/aromatic N) is 1. The minimum atomic E-state index is -0.455. The van der Waals surface area contributed by atoms with Crippen LogP contribution in [0.2, 0.25) is 5.02 Å². The minimum Gasteiger partial charge on any atom is -0.455 e. The Kier molecular flexibility index (Phi) is 3.36. The van der Waals surface area contributed by atoms with Crippen LogP contribution in [-0.2, 0) is 9.47 Å². The number of carbonyl (C=O) groups is 1. The van der Waals surface area contributed by atoms with Gasteiger partial charge in [-0.15, -0.1) is 0 Å². The van der Waals surface area contributed by atoms with Crippen LogP contribution in [-0.4, -0.2) is 30.3 Å². The number of pyridine rings is 1. The minimum absolute atomic E-state index is 0.181. The SMILES string of the molecule is O=C(OC1CCOC1)c1cc(Cl)c2ccccc2n1. The monoisotopic (exact) mass is 277 g/mol. The van der Waals surface area contributed by atoms with Crippen LogP contribution in [0.25, 0.3) is 10.9 Å². The molecule has 1 atom stereocenters.